The van der Waals surface area contributed by atoms with Crippen LogP contribution in [-0.4, -0.2) is 29.0 Å². The maximum atomic E-state index is 12.2. The SMILES string of the molecule is CCN(CC)c1cnc(C(=O)Nc2cccc(Cl)c2Cl)cn1. The smallest absolute Gasteiger partial charge is 0.275 e. The Labute approximate surface area is 139 Å². The average Bonchev–Trinajstić information content (AvgIpc) is 2.53. The molecule has 0 unspecified atom stereocenters. The Balaban J connectivity index is 2.15. The van der Waals surface area contributed by atoms with E-state index in [0.29, 0.717) is 15.7 Å². The molecule has 0 bridgehead atoms. The summed E-state index contributed by atoms with van der Waals surface area (Å²) in [5.74, 6) is 0.352. The van der Waals surface area contributed by atoms with Gasteiger partial charge in [-0.05, 0) is 26.0 Å². The number of benzene rings is 1. The Morgan fingerprint density at radius 1 is 1.18 bits per heavy atom. The zero-order valence-electron chi connectivity index (χ0n) is 12.3. The van der Waals surface area contributed by atoms with Gasteiger partial charge in [0.25, 0.3) is 5.91 Å². The molecule has 0 aliphatic rings. The highest BCUT2D eigenvalue weighted by atomic mass is 35.5. The van der Waals surface area contributed by atoms with Crippen LogP contribution < -0.4 is 10.2 Å². The van der Waals surface area contributed by atoms with Gasteiger partial charge in [-0.3, -0.25) is 4.79 Å². The van der Waals surface area contributed by atoms with Gasteiger partial charge in [-0.2, -0.15) is 0 Å². The van der Waals surface area contributed by atoms with E-state index in [4.69, 9.17) is 23.2 Å². The summed E-state index contributed by atoms with van der Waals surface area (Å²) in [4.78, 5) is 22.6. The quantitative estimate of drug-likeness (QED) is 0.898. The Kier molecular flexibility index (Phi) is 5.57. The summed E-state index contributed by atoms with van der Waals surface area (Å²) in [7, 11) is 0. The Morgan fingerprint density at radius 2 is 1.91 bits per heavy atom. The van der Waals surface area contributed by atoms with Crippen LogP contribution in [0.1, 0.15) is 24.3 Å². The van der Waals surface area contributed by atoms with Gasteiger partial charge in [-0.25, -0.2) is 9.97 Å². The molecule has 0 saturated heterocycles. The summed E-state index contributed by atoms with van der Waals surface area (Å²) in [5.41, 5.74) is 0.653. The zero-order valence-corrected chi connectivity index (χ0v) is 13.8. The van der Waals surface area contributed by atoms with E-state index in [9.17, 15) is 4.79 Å². The lowest BCUT2D eigenvalue weighted by atomic mass is 10.3. The van der Waals surface area contributed by atoms with Crippen molar-refractivity contribution < 1.29 is 4.79 Å². The predicted octanol–water partition coefficient (Wildman–Crippen LogP) is 3.88. The van der Waals surface area contributed by atoms with E-state index in [1.165, 1.54) is 6.20 Å². The molecule has 0 aliphatic heterocycles. The number of anilines is 2. The van der Waals surface area contributed by atoms with E-state index in [0.717, 1.165) is 18.9 Å². The number of hydrogen-bond donors (Lipinski definition) is 1. The van der Waals surface area contributed by atoms with Crippen LogP contribution >= 0.6 is 23.2 Å². The first-order valence-electron chi connectivity index (χ1n) is 6.89. The molecule has 0 aliphatic carbocycles. The molecule has 1 aromatic carbocycles. The van der Waals surface area contributed by atoms with E-state index < -0.39 is 0 Å². The van der Waals surface area contributed by atoms with Crippen LogP contribution in [0.2, 0.25) is 10.0 Å². The van der Waals surface area contributed by atoms with Crippen molar-refractivity contribution in [3.63, 3.8) is 0 Å². The standard InChI is InChI=1S/C15H16Cl2N4O/c1-3-21(4-2)13-9-18-12(8-19-13)15(22)20-11-7-5-6-10(16)14(11)17/h5-9H,3-4H2,1-2H3,(H,20,22). The van der Waals surface area contributed by atoms with E-state index >= 15 is 0 Å². The first kappa shape index (κ1) is 16.5. The second-order valence-corrected chi connectivity index (χ2v) is 5.27. The molecule has 5 nitrogen and oxygen atoms in total. The molecule has 0 atom stereocenters. The zero-order chi connectivity index (χ0) is 16.1. The Morgan fingerprint density at radius 3 is 2.50 bits per heavy atom. The van der Waals surface area contributed by atoms with Gasteiger partial charge in [0.05, 0.1) is 28.1 Å². The Bertz CT molecular complexity index is 657. The number of nitrogens with one attached hydrogen (secondary N) is 1. The van der Waals surface area contributed by atoms with Crippen molar-refractivity contribution in [2.24, 2.45) is 0 Å². The van der Waals surface area contributed by atoms with Gasteiger partial charge >= 0.3 is 0 Å². The highest BCUT2D eigenvalue weighted by Crippen LogP contribution is 2.29. The normalized spacial score (nSPS) is 10.4. The maximum absolute atomic E-state index is 12.2. The molecule has 0 fully saturated rings. The number of nitrogens with zero attached hydrogens (tertiary/aromatic N) is 3. The topological polar surface area (TPSA) is 58.1 Å². The third-order valence-corrected chi connectivity index (χ3v) is 3.98. The lowest BCUT2D eigenvalue weighted by molar-refractivity contribution is 0.102. The fraction of sp³-hybridized carbons (Fsp3) is 0.267. The lowest BCUT2D eigenvalue weighted by Gasteiger charge is -2.19. The highest BCUT2D eigenvalue weighted by molar-refractivity contribution is 6.44. The molecule has 0 saturated carbocycles. The number of rotatable bonds is 5. The molecule has 2 aromatic rings. The second-order valence-electron chi connectivity index (χ2n) is 4.49. The van der Waals surface area contributed by atoms with Crippen molar-refractivity contribution in [3.8, 4) is 0 Å². The van der Waals surface area contributed by atoms with Crippen LogP contribution in [0.15, 0.2) is 30.6 Å². The highest BCUT2D eigenvalue weighted by Gasteiger charge is 2.13. The molecule has 22 heavy (non-hydrogen) atoms. The summed E-state index contributed by atoms with van der Waals surface area (Å²) in [6.07, 6.45) is 3.03. The number of carbonyl (C=O) groups excluding carboxylic acids is 1. The van der Waals surface area contributed by atoms with Gasteiger partial charge in [0, 0.05) is 13.1 Å². The van der Waals surface area contributed by atoms with Crippen LogP contribution in [0.25, 0.3) is 0 Å². The van der Waals surface area contributed by atoms with Gasteiger partial charge in [-0.1, -0.05) is 29.3 Å². The molecule has 116 valence electrons. The van der Waals surface area contributed by atoms with Crippen LogP contribution in [0.5, 0.6) is 0 Å². The number of carbonyl (C=O) groups is 1. The molecule has 0 radical (unpaired) electrons. The summed E-state index contributed by atoms with van der Waals surface area (Å²) < 4.78 is 0. The van der Waals surface area contributed by atoms with Gasteiger partial charge in [0.15, 0.2) is 0 Å². The van der Waals surface area contributed by atoms with Gasteiger partial charge in [0.1, 0.15) is 11.5 Å². The molecular weight excluding hydrogens is 323 g/mol. The van der Waals surface area contributed by atoms with Crippen LogP contribution in [-0.2, 0) is 0 Å². The first-order chi connectivity index (χ1) is 10.6. The molecule has 1 amide bonds. The largest absolute Gasteiger partial charge is 0.356 e. The number of aromatic nitrogens is 2. The van der Waals surface area contributed by atoms with Crippen molar-refractivity contribution in [1.82, 2.24) is 9.97 Å². The molecular formula is C15H16Cl2N4O. The molecule has 1 aromatic heterocycles. The second kappa shape index (κ2) is 7.42. The van der Waals surface area contributed by atoms with Crippen LogP contribution in [0, 0.1) is 0 Å². The minimum Gasteiger partial charge on any atom is -0.356 e. The van der Waals surface area contributed by atoms with Crippen molar-refractivity contribution >= 4 is 40.6 Å². The van der Waals surface area contributed by atoms with Crippen LogP contribution in [0.4, 0.5) is 11.5 Å². The van der Waals surface area contributed by atoms with E-state index in [1.54, 1.807) is 24.4 Å². The third-order valence-electron chi connectivity index (χ3n) is 3.16. The van der Waals surface area contributed by atoms with Crippen molar-refractivity contribution in [2.75, 3.05) is 23.3 Å². The number of halogens is 2. The molecule has 7 heteroatoms. The van der Waals surface area contributed by atoms with Gasteiger partial charge in [-0.15, -0.1) is 0 Å². The Hall–Kier alpha value is -1.85. The number of hydrogen-bond acceptors (Lipinski definition) is 4. The molecule has 0 spiro atoms. The van der Waals surface area contributed by atoms with E-state index in [2.05, 4.69) is 15.3 Å². The molecule has 1 heterocycles. The minimum atomic E-state index is -0.386. The first-order valence-corrected chi connectivity index (χ1v) is 7.64. The maximum Gasteiger partial charge on any atom is 0.275 e. The molecule has 1 N–H and O–H groups in total. The predicted molar refractivity (Wildman–Crippen MR) is 90.0 cm³/mol. The fourth-order valence-corrected chi connectivity index (χ4v) is 2.28. The third kappa shape index (κ3) is 3.67. The van der Waals surface area contributed by atoms with Crippen molar-refractivity contribution in [2.45, 2.75) is 13.8 Å². The monoisotopic (exact) mass is 338 g/mol. The fourth-order valence-electron chi connectivity index (χ4n) is 1.94. The molecule has 2 rings (SSSR count). The summed E-state index contributed by atoms with van der Waals surface area (Å²) in [6.45, 7) is 5.73. The van der Waals surface area contributed by atoms with Gasteiger partial charge < -0.3 is 10.2 Å². The lowest BCUT2D eigenvalue weighted by Crippen LogP contribution is -2.23. The summed E-state index contributed by atoms with van der Waals surface area (Å²) >= 11 is 12.0. The summed E-state index contributed by atoms with van der Waals surface area (Å²) in [6, 6.07) is 5.03. The van der Waals surface area contributed by atoms with Crippen molar-refractivity contribution in [1.29, 1.82) is 0 Å². The number of amides is 1. The van der Waals surface area contributed by atoms with E-state index in [1.807, 2.05) is 18.7 Å². The van der Waals surface area contributed by atoms with Crippen molar-refractivity contribution in [3.05, 3.63) is 46.3 Å². The summed E-state index contributed by atoms with van der Waals surface area (Å²) in [5, 5.41) is 3.35. The van der Waals surface area contributed by atoms with Crippen LogP contribution in [0.3, 0.4) is 0 Å². The average molecular weight is 339 g/mol. The minimum absolute atomic E-state index is 0.215. The van der Waals surface area contributed by atoms with E-state index in [-0.39, 0.29) is 11.6 Å². The van der Waals surface area contributed by atoms with Gasteiger partial charge in [0.2, 0.25) is 0 Å².